The Balaban J connectivity index is 1.91. The molecule has 5 nitrogen and oxygen atoms in total. The lowest BCUT2D eigenvalue weighted by Crippen LogP contribution is -2.45. The molecule has 0 aliphatic heterocycles. The number of halogens is 1. The number of aromatic nitrogens is 4. The smallest absolute Gasteiger partial charge is 0.192 e. The highest BCUT2D eigenvalue weighted by Crippen LogP contribution is 2.42. The minimum Gasteiger partial charge on any atom is -0.412 e. The van der Waals surface area contributed by atoms with Crippen LogP contribution in [0, 0.1) is 0 Å². The Labute approximate surface area is 143 Å². The average molecular weight is 353 g/mol. The quantitative estimate of drug-likeness (QED) is 0.598. The third-order valence-corrected chi connectivity index (χ3v) is 10.1. The highest BCUT2D eigenvalue weighted by Gasteiger charge is 2.42. The Kier molecular flexibility index (Phi) is 4.27. The van der Waals surface area contributed by atoms with E-state index >= 15 is 0 Å². The maximum absolute atomic E-state index is 6.69. The van der Waals surface area contributed by atoms with Gasteiger partial charge in [0.2, 0.25) is 0 Å². The van der Waals surface area contributed by atoms with Crippen molar-refractivity contribution in [2.24, 2.45) is 0 Å². The molecule has 2 aromatic heterocycles. The highest BCUT2D eigenvalue weighted by molar-refractivity contribution is 6.74. The predicted molar refractivity (Wildman–Crippen MR) is 95.3 cm³/mol. The van der Waals surface area contributed by atoms with Gasteiger partial charge in [0.25, 0.3) is 0 Å². The summed E-state index contributed by atoms with van der Waals surface area (Å²) in [5.74, 6) is 0. The predicted octanol–water partition coefficient (Wildman–Crippen LogP) is 4.60. The number of hydrogen-bond donors (Lipinski definition) is 0. The van der Waals surface area contributed by atoms with Crippen LogP contribution in [0.5, 0.6) is 0 Å². The van der Waals surface area contributed by atoms with E-state index in [1.807, 2.05) is 6.33 Å². The Morgan fingerprint density at radius 1 is 1.22 bits per heavy atom. The fourth-order valence-electron chi connectivity index (χ4n) is 2.98. The first-order chi connectivity index (χ1) is 10.7. The summed E-state index contributed by atoms with van der Waals surface area (Å²) in [5.41, 5.74) is 1.48. The number of hydrogen-bond acceptors (Lipinski definition) is 4. The van der Waals surface area contributed by atoms with Gasteiger partial charge in [0.15, 0.2) is 19.1 Å². The molecule has 0 saturated heterocycles. The van der Waals surface area contributed by atoms with Gasteiger partial charge in [-0.15, -0.1) is 0 Å². The van der Waals surface area contributed by atoms with Crippen molar-refractivity contribution in [3.05, 3.63) is 17.8 Å². The number of fused-ring (bicyclic) bond motifs is 1. The van der Waals surface area contributed by atoms with Gasteiger partial charge in [-0.1, -0.05) is 32.4 Å². The topological polar surface area (TPSA) is 52.8 Å². The summed E-state index contributed by atoms with van der Waals surface area (Å²) in [7, 11) is -1.80. The highest BCUT2D eigenvalue weighted by atomic mass is 35.5. The Morgan fingerprint density at radius 3 is 2.65 bits per heavy atom. The standard InChI is InChI=1S/C16H25ClN4OSi/c1-16(2,3)23(4,5)22-12-8-6-7-11(12)21-10-20-13-14(17)18-9-19-15(13)21/h9-12H,6-8H2,1-5H3/t11-,12-/m0/s1. The largest absolute Gasteiger partial charge is 0.412 e. The normalized spacial score (nSPS) is 22.9. The van der Waals surface area contributed by atoms with Gasteiger partial charge in [-0.05, 0) is 37.4 Å². The molecule has 3 rings (SSSR count). The zero-order chi connectivity index (χ0) is 16.8. The SMILES string of the molecule is CC(C)(C)[Si](C)(C)O[C@H]1CCC[C@@H]1n1cnc2c(Cl)ncnc21. The zero-order valence-corrected chi connectivity index (χ0v) is 16.3. The molecule has 2 aromatic rings. The van der Waals surface area contributed by atoms with Gasteiger partial charge in [-0.2, -0.15) is 0 Å². The second kappa shape index (κ2) is 5.83. The monoisotopic (exact) mass is 352 g/mol. The van der Waals surface area contributed by atoms with Crippen molar-refractivity contribution in [1.29, 1.82) is 0 Å². The average Bonchev–Trinajstić information content (AvgIpc) is 3.04. The van der Waals surface area contributed by atoms with E-state index in [9.17, 15) is 0 Å². The van der Waals surface area contributed by atoms with Gasteiger partial charge in [-0.25, -0.2) is 15.0 Å². The minimum absolute atomic E-state index is 0.211. The summed E-state index contributed by atoms with van der Waals surface area (Å²) in [5, 5.41) is 0.622. The van der Waals surface area contributed by atoms with Crippen LogP contribution >= 0.6 is 11.6 Å². The molecule has 23 heavy (non-hydrogen) atoms. The fourth-order valence-corrected chi connectivity index (χ4v) is 4.55. The van der Waals surface area contributed by atoms with Crippen LogP contribution < -0.4 is 0 Å². The van der Waals surface area contributed by atoms with Crippen LogP contribution in [0.4, 0.5) is 0 Å². The lowest BCUT2D eigenvalue weighted by atomic mass is 10.2. The Morgan fingerprint density at radius 2 is 1.96 bits per heavy atom. The summed E-state index contributed by atoms with van der Waals surface area (Å²) >= 11 is 6.13. The third-order valence-electron chi connectivity index (χ3n) is 5.34. The van der Waals surface area contributed by atoms with Gasteiger partial charge < -0.3 is 8.99 Å². The maximum Gasteiger partial charge on any atom is 0.192 e. The van der Waals surface area contributed by atoms with E-state index in [-0.39, 0.29) is 17.2 Å². The molecule has 2 heterocycles. The summed E-state index contributed by atoms with van der Waals surface area (Å²) in [6, 6.07) is 0.278. The van der Waals surface area contributed by atoms with Gasteiger partial charge in [0, 0.05) is 0 Å². The molecule has 0 amide bonds. The fraction of sp³-hybridized carbons (Fsp3) is 0.688. The van der Waals surface area contributed by atoms with Crippen molar-refractivity contribution >= 4 is 31.1 Å². The van der Waals surface area contributed by atoms with Crippen LogP contribution in [-0.2, 0) is 4.43 Å². The van der Waals surface area contributed by atoms with Crippen LogP contribution in [-0.4, -0.2) is 33.9 Å². The molecule has 1 fully saturated rings. The molecule has 1 saturated carbocycles. The van der Waals surface area contributed by atoms with E-state index in [2.05, 4.69) is 53.4 Å². The summed E-state index contributed by atoms with van der Waals surface area (Å²) in [4.78, 5) is 12.8. The molecule has 126 valence electrons. The number of nitrogens with zero attached hydrogens (tertiary/aromatic N) is 4. The van der Waals surface area contributed by atoms with Crippen molar-refractivity contribution in [3.8, 4) is 0 Å². The van der Waals surface area contributed by atoms with E-state index in [0.29, 0.717) is 10.7 Å². The molecular weight excluding hydrogens is 328 g/mol. The summed E-state index contributed by atoms with van der Waals surface area (Å²) < 4.78 is 8.83. The van der Waals surface area contributed by atoms with Crippen LogP contribution in [0.15, 0.2) is 12.7 Å². The molecule has 1 aliphatic carbocycles. The summed E-state index contributed by atoms with van der Waals surface area (Å²) in [6.45, 7) is 11.5. The lowest BCUT2D eigenvalue weighted by molar-refractivity contribution is 0.145. The van der Waals surface area contributed by atoms with E-state index < -0.39 is 8.32 Å². The first-order valence-electron chi connectivity index (χ1n) is 8.21. The Bertz CT molecular complexity index is 710. The molecule has 0 aromatic carbocycles. The van der Waals surface area contributed by atoms with Crippen LogP contribution in [0.2, 0.25) is 23.3 Å². The molecule has 0 radical (unpaired) electrons. The van der Waals surface area contributed by atoms with Crippen molar-refractivity contribution in [3.63, 3.8) is 0 Å². The molecule has 0 spiro atoms. The van der Waals surface area contributed by atoms with Crippen LogP contribution in [0.3, 0.4) is 0 Å². The molecule has 0 N–H and O–H groups in total. The van der Waals surface area contributed by atoms with Crippen molar-refractivity contribution in [2.75, 3.05) is 0 Å². The Hall–Kier alpha value is -0.983. The number of imidazole rings is 1. The van der Waals surface area contributed by atoms with Crippen LogP contribution in [0.25, 0.3) is 11.2 Å². The zero-order valence-electron chi connectivity index (χ0n) is 14.5. The molecule has 0 bridgehead atoms. The third kappa shape index (κ3) is 3.04. The van der Waals surface area contributed by atoms with Crippen molar-refractivity contribution in [2.45, 2.75) is 70.3 Å². The second-order valence-electron chi connectivity index (χ2n) is 7.90. The van der Waals surface area contributed by atoms with Gasteiger partial charge in [-0.3, -0.25) is 0 Å². The molecule has 2 atom stereocenters. The minimum atomic E-state index is -1.80. The van der Waals surface area contributed by atoms with E-state index in [0.717, 1.165) is 18.5 Å². The van der Waals surface area contributed by atoms with Gasteiger partial charge >= 0.3 is 0 Å². The van der Waals surface area contributed by atoms with Gasteiger partial charge in [0.05, 0.1) is 18.5 Å². The molecule has 0 unspecified atom stereocenters. The van der Waals surface area contributed by atoms with Gasteiger partial charge in [0.1, 0.15) is 11.8 Å². The molecule has 7 heteroatoms. The van der Waals surface area contributed by atoms with Crippen molar-refractivity contribution in [1.82, 2.24) is 19.5 Å². The lowest BCUT2D eigenvalue weighted by Gasteiger charge is -2.40. The second-order valence-corrected chi connectivity index (χ2v) is 13.0. The van der Waals surface area contributed by atoms with Crippen LogP contribution in [0.1, 0.15) is 46.1 Å². The number of rotatable bonds is 3. The first-order valence-corrected chi connectivity index (χ1v) is 11.5. The van der Waals surface area contributed by atoms with Crippen molar-refractivity contribution < 1.29 is 4.43 Å². The van der Waals surface area contributed by atoms with E-state index in [1.165, 1.54) is 12.7 Å². The first kappa shape index (κ1) is 16.9. The van der Waals surface area contributed by atoms with E-state index in [4.69, 9.17) is 16.0 Å². The van der Waals surface area contributed by atoms with E-state index in [1.54, 1.807) is 0 Å². The molecule has 1 aliphatic rings. The molecular formula is C16H25ClN4OSi. The maximum atomic E-state index is 6.69. The summed E-state index contributed by atoms with van der Waals surface area (Å²) in [6.07, 6.45) is 6.91.